The summed E-state index contributed by atoms with van der Waals surface area (Å²) in [4.78, 5) is 15.8. The lowest BCUT2D eigenvalue weighted by molar-refractivity contribution is -0.135. The highest BCUT2D eigenvalue weighted by Gasteiger charge is 2.50. The number of rotatable bonds is 4. The molecule has 2 rings (SSSR count). The molecule has 0 bridgehead atoms. The lowest BCUT2D eigenvalue weighted by atomic mass is 9.79. The second-order valence-electron chi connectivity index (χ2n) is 11.5. The van der Waals surface area contributed by atoms with Gasteiger partial charge in [-0.25, -0.2) is 0 Å². The quantitative estimate of drug-likeness (QED) is 0.519. The van der Waals surface area contributed by atoms with Crippen LogP contribution in [-0.2, 0) is 4.79 Å². The second kappa shape index (κ2) is 17.3. The Labute approximate surface area is 265 Å². The molecule has 0 aromatic carbocycles. The molecule has 1 amide bonds. The van der Waals surface area contributed by atoms with Gasteiger partial charge in [-0.2, -0.15) is 0 Å². The first-order chi connectivity index (χ1) is 21.0. The predicted octanol–water partition coefficient (Wildman–Crippen LogP) is 3.99. The van der Waals surface area contributed by atoms with Crippen LogP contribution < -0.4 is 5.32 Å². The minimum Gasteiger partial charge on any atom is -0.313 e. The molecule has 1 N–H and O–H groups in total. The fourth-order valence-corrected chi connectivity index (χ4v) is 5.74. The van der Waals surface area contributed by atoms with Crippen LogP contribution in [0.4, 0.5) is 0 Å². The van der Waals surface area contributed by atoms with Crippen molar-refractivity contribution in [3.63, 3.8) is 0 Å². The highest BCUT2D eigenvalue weighted by Crippen LogP contribution is 2.44. The third-order valence-corrected chi connectivity index (χ3v) is 7.11. The summed E-state index contributed by atoms with van der Waals surface area (Å²) in [5, 5.41) is 3.71. The average Bonchev–Trinajstić information content (AvgIpc) is 3.17. The molecule has 2 aliphatic heterocycles. The number of terminal acetylenes is 1. The molecule has 3 heteroatoms. The van der Waals surface area contributed by atoms with E-state index in [4.69, 9.17) is 6.42 Å². The average molecular weight is 571 g/mol. The zero-order valence-electron chi connectivity index (χ0n) is 26.3. The van der Waals surface area contributed by atoms with Gasteiger partial charge in [0.15, 0.2) is 0 Å². The Morgan fingerprint density at radius 2 is 1.16 bits per heavy atom. The van der Waals surface area contributed by atoms with E-state index in [9.17, 15) is 4.79 Å². The monoisotopic (exact) mass is 570 g/mol. The molecular formula is C41H34N2O. The van der Waals surface area contributed by atoms with Gasteiger partial charge in [-0.3, -0.25) is 4.79 Å². The van der Waals surface area contributed by atoms with Gasteiger partial charge in [0.25, 0.3) is 0 Å². The Hall–Kier alpha value is -5.67. The molecule has 214 valence electrons. The first-order valence-electron chi connectivity index (χ1n) is 14.3. The Morgan fingerprint density at radius 3 is 1.55 bits per heavy atom. The summed E-state index contributed by atoms with van der Waals surface area (Å²) in [6.07, 6.45) is 8.20. The molecule has 2 saturated heterocycles. The lowest BCUT2D eigenvalue weighted by Gasteiger charge is -2.49. The number of nitrogens with zero attached hydrogens (tertiary/aromatic N) is 1. The molecule has 3 unspecified atom stereocenters. The Bertz CT molecular complexity index is 1830. The van der Waals surface area contributed by atoms with Crippen LogP contribution in [0.1, 0.15) is 67.2 Å². The van der Waals surface area contributed by atoms with Crippen LogP contribution in [0.2, 0.25) is 0 Å². The molecule has 2 heterocycles. The maximum atomic E-state index is 13.8. The van der Waals surface area contributed by atoms with E-state index in [0.717, 1.165) is 25.0 Å². The van der Waals surface area contributed by atoms with Gasteiger partial charge in [-0.15, -0.1) is 6.42 Å². The first-order valence-corrected chi connectivity index (χ1v) is 14.3. The number of hydrogen-bond donors (Lipinski definition) is 1. The first kappa shape index (κ1) is 34.5. The fraction of sp³-hybridized carbons (Fsp3) is 0.390. The van der Waals surface area contributed by atoms with Crippen LogP contribution in [0, 0.1) is 149 Å². The predicted molar refractivity (Wildman–Crippen MR) is 178 cm³/mol. The van der Waals surface area contributed by atoms with E-state index in [1.807, 2.05) is 4.90 Å². The summed E-state index contributed by atoms with van der Waals surface area (Å²) in [7, 11) is 0. The van der Waals surface area contributed by atoms with Crippen LogP contribution in [0.25, 0.3) is 0 Å². The summed E-state index contributed by atoms with van der Waals surface area (Å²) in [5.41, 5.74) is 0.826. The van der Waals surface area contributed by atoms with E-state index in [2.05, 4.69) is 178 Å². The van der Waals surface area contributed by atoms with Gasteiger partial charge < -0.3 is 10.2 Å². The van der Waals surface area contributed by atoms with Gasteiger partial charge in [0.2, 0.25) is 5.91 Å². The number of piperidine rings is 1. The topological polar surface area (TPSA) is 32.3 Å². The van der Waals surface area contributed by atoms with Crippen molar-refractivity contribution in [2.75, 3.05) is 0 Å². The minimum atomic E-state index is -0.122. The molecule has 3 nitrogen and oxygen atoms in total. The molecule has 3 atom stereocenters. The maximum Gasteiger partial charge on any atom is 0.231 e. The summed E-state index contributed by atoms with van der Waals surface area (Å²) < 4.78 is 0. The standard InChI is InChI=1S/C41H34N2O/c1-9-11-12-13-14-15-16-17-18-19-20-21-22-23-24-25-26-27-28-29-30-31-36(10-2)38-34(3)35(4)43(39(38)44)37-32-40(5,6)42-41(7,8)33-37/h1,34,36-38,42H,4,10,31-33H2,2-3,5-8H3. The minimum absolute atomic E-state index is 0.0535. The van der Waals surface area contributed by atoms with Crippen molar-refractivity contribution in [1.29, 1.82) is 0 Å². The van der Waals surface area contributed by atoms with Gasteiger partial charge >= 0.3 is 0 Å². The third kappa shape index (κ3) is 11.3. The summed E-state index contributed by atoms with van der Waals surface area (Å²) in [5.74, 6) is 54.1. The van der Waals surface area contributed by atoms with E-state index in [1.165, 1.54) is 0 Å². The molecule has 0 saturated carbocycles. The second-order valence-corrected chi connectivity index (χ2v) is 11.5. The molecule has 0 spiro atoms. The zero-order chi connectivity index (χ0) is 32.4. The van der Waals surface area contributed by atoms with Crippen molar-refractivity contribution in [3.05, 3.63) is 12.3 Å². The fourth-order valence-electron chi connectivity index (χ4n) is 5.74. The number of hydrogen-bond acceptors (Lipinski definition) is 2. The van der Waals surface area contributed by atoms with Gasteiger partial charge in [-0.05, 0) is 141 Å². The molecular weight excluding hydrogens is 536 g/mol. The van der Waals surface area contributed by atoms with Crippen LogP contribution in [0.3, 0.4) is 0 Å². The zero-order valence-corrected chi connectivity index (χ0v) is 26.3. The number of amides is 1. The van der Waals surface area contributed by atoms with Crippen LogP contribution in [0.15, 0.2) is 12.3 Å². The van der Waals surface area contributed by atoms with Gasteiger partial charge in [0, 0.05) is 58.8 Å². The van der Waals surface area contributed by atoms with Crippen LogP contribution >= 0.6 is 0 Å². The van der Waals surface area contributed by atoms with Crippen molar-refractivity contribution >= 4 is 5.91 Å². The number of allylic oxidation sites excluding steroid dienone is 1. The summed E-state index contributed by atoms with van der Waals surface area (Å²) in [6.45, 7) is 17.4. The summed E-state index contributed by atoms with van der Waals surface area (Å²) in [6, 6.07) is 0.140. The van der Waals surface area contributed by atoms with E-state index >= 15 is 0 Å². The van der Waals surface area contributed by atoms with Crippen molar-refractivity contribution in [1.82, 2.24) is 10.2 Å². The van der Waals surface area contributed by atoms with Crippen molar-refractivity contribution < 1.29 is 4.79 Å². The lowest BCUT2D eigenvalue weighted by Crippen LogP contribution is -2.62. The molecule has 0 aliphatic carbocycles. The van der Waals surface area contributed by atoms with Crippen molar-refractivity contribution in [2.45, 2.75) is 84.3 Å². The van der Waals surface area contributed by atoms with Gasteiger partial charge in [0.1, 0.15) is 0 Å². The maximum absolute atomic E-state index is 13.8. The molecule has 44 heavy (non-hydrogen) atoms. The largest absolute Gasteiger partial charge is 0.313 e. The molecule has 2 fully saturated rings. The van der Waals surface area contributed by atoms with Crippen molar-refractivity contribution in [3.8, 4) is 131 Å². The Kier molecular flexibility index (Phi) is 13.6. The Balaban J connectivity index is 1.92. The number of nitrogens with one attached hydrogen (secondary N) is 1. The highest BCUT2D eigenvalue weighted by molar-refractivity contribution is 5.85. The van der Waals surface area contributed by atoms with E-state index in [1.54, 1.807) is 0 Å². The van der Waals surface area contributed by atoms with E-state index < -0.39 is 0 Å². The molecule has 0 aromatic rings. The van der Waals surface area contributed by atoms with Gasteiger partial charge in [0.05, 0.1) is 5.92 Å². The number of carbonyl (C=O) groups excluding carboxylic acids is 1. The van der Waals surface area contributed by atoms with Crippen molar-refractivity contribution in [2.24, 2.45) is 17.8 Å². The van der Waals surface area contributed by atoms with Crippen LogP contribution in [-0.4, -0.2) is 27.9 Å². The molecule has 0 radical (unpaired) electrons. The third-order valence-electron chi connectivity index (χ3n) is 7.11. The molecule has 2 aliphatic rings. The summed E-state index contributed by atoms with van der Waals surface area (Å²) >= 11 is 0. The highest BCUT2D eigenvalue weighted by atomic mass is 16.2. The number of likely N-dealkylation sites (tertiary alicyclic amines) is 1. The normalized spacial score (nSPS) is 18.8. The SMILES string of the molecule is C#CC#CC#CC#CC#CC#CC#CC#CC#CC#CC#CCC(CC)C1C(=O)N(C2CC(C)(C)NC(C)(C)C2)C(=C)C1C. The number of carbonyl (C=O) groups is 1. The smallest absolute Gasteiger partial charge is 0.231 e. The van der Waals surface area contributed by atoms with Gasteiger partial charge in [-0.1, -0.05) is 32.8 Å². The van der Waals surface area contributed by atoms with Crippen LogP contribution in [0.5, 0.6) is 0 Å². The molecule has 0 aromatic heterocycles. The van der Waals surface area contributed by atoms with E-state index in [0.29, 0.717) is 6.42 Å². The Morgan fingerprint density at radius 1 is 0.773 bits per heavy atom. The van der Waals surface area contributed by atoms with E-state index in [-0.39, 0.29) is 40.8 Å².